The fourth-order valence-electron chi connectivity index (χ4n) is 4.25. The minimum absolute atomic E-state index is 0.00477. The average Bonchev–Trinajstić information content (AvgIpc) is 3.43. The Morgan fingerprint density at radius 3 is 2.86 bits per heavy atom. The summed E-state index contributed by atoms with van der Waals surface area (Å²) in [6.45, 7) is 2.53. The summed E-state index contributed by atoms with van der Waals surface area (Å²) >= 11 is 0. The molecule has 1 fully saturated rings. The van der Waals surface area contributed by atoms with Gasteiger partial charge in [-0.05, 0) is 25.3 Å². The van der Waals surface area contributed by atoms with Crippen molar-refractivity contribution in [3.8, 4) is 0 Å². The molecule has 1 N–H and O–H groups in total. The van der Waals surface area contributed by atoms with Gasteiger partial charge in [0, 0.05) is 64.2 Å². The second-order valence-corrected chi connectivity index (χ2v) is 7.79. The molecule has 2 aliphatic heterocycles. The van der Waals surface area contributed by atoms with Crippen LogP contribution < -0.4 is 0 Å². The molecular weight excluding hydrogens is 372 g/mol. The largest absolute Gasteiger partial charge is 0.394 e. The van der Waals surface area contributed by atoms with E-state index < -0.39 is 0 Å². The van der Waals surface area contributed by atoms with Crippen LogP contribution in [-0.2, 0) is 31.2 Å². The summed E-state index contributed by atoms with van der Waals surface area (Å²) in [5, 5.41) is 13.6. The molecule has 4 rings (SSSR count). The lowest BCUT2D eigenvalue weighted by Crippen LogP contribution is -2.38. The maximum absolute atomic E-state index is 12.8. The lowest BCUT2D eigenvalue weighted by Gasteiger charge is -2.22. The third-order valence-electron chi connectivity index (χ3n) is 6.01. The van der Waals surface area contributed by atoms with E-state index in [1.54, 1.807) is 22.0 Å². The number of likely N-dealkylation sites (tertiary alicyclic amines) is 1. The monoisotopic (exact) mass is 400 g/mol. The number of fused-ring (bicyclic) bond motifs is 1. The Labute approximate surface area is 169 Å². The van der Waals surface area contributed by atoms with Crippen LogP contribution in [0.4, 0.5) is 0 Å². The van der Waals surface area contributed by atoms with Gasteiger partial charge in [0.05, 0.1) is 12.6 Å². The van der Waals surface area contributed by atoms with Crippen molar-refractivity contribution >= 4 is 11.8 Å². The Bertz CT molecular complexity index is 863. The van der Waals surface area contributed by atoms with Crippen molar-refractivity contribution in [3.05, 3.63) is 35.7 Å². The lowest BCUT2D eigenvalue weighted by molar-refractivity contribution is -0.131. The van der Waals surface area contributed by atoms with Crippen LogP contribution in [0.2, 0.25) is 0 Å². The van der Waals surface area contributed by atoms with E-state index in [4.69, 9.17) is 0 Å². The molecule has 2 aromatic rings. The molecule has 0 aliphatic carbocycles. The van der Waals surface area contributed by atoms with Crippen molar-refractivity contribution in [1.82, 2.24) is 29.1 Å². The quantitative estimate of drug-likeness (QED) is 0.775. The minimum atomic E-state index is -0.105. The van der Waals surface area contributed by atoms with Gasteiger partial charge >= 0.3 is 0 Å². The van der Waals surface area contributed by atoms with Crippen molar-refractivity contribution < 1.29 is 14.7 Å². The van der Waals surface area contributed by atoms with Gasteiger partial charge in [-0.1, -0.05) is 0 Å². The summed E-state index contributed by atoms with van der Waals surface area (Å²) < 4.78 is 3.79. The Kier molecular flexibility index (Phi) is 5.66. The van der Waals surface area contributed by atoms with Crippen LogP contribution in [0, 0.1) is 0 Å². The summed E-state index contributed by atoms with van der Waals surface area (Å²) in [5.41, 5.74) is 1.49. The number of aliphatic hydroxyl groups excluding tert-OH is 1. The van der Waals surface area contributed by atoms with Gasteiger partial charge in [0.1, 0.15) is 11.5 Å². The van der Waals surface area contributed by atoms with Gasteiger partial charge in [-0.25, -0.2) is 4.98 Å². The second-order valence-electron chi connectivity index (χ2n) is 7.79. The van der Waals surface area contributed by atoms with Gasteiger partial charge in [0.25, 0.3) is 5.91 Å². The SMILES string of the molecule is Cn1nccc1CCC(=O)N1CCc2nc(C(=O)N3CCCC3CO)cn2CC1. The number of carbonyl (C=O) groups is 2. The van der Waals surface area contributed by atoms with Gasteiger partial charge in [-0.3, -0.25) is 14.3 Å². The molecular formula is C20H28N6O3. The van der Waals surface area contributed by atoms with E-state index in [1.807, 2.05) is 22.6 Å². The van der Waals surface area contributed by atoms with Crippen LogP contribution in [0.3, 0.4) is 0 Å². The van der Waals surface area contributed by atoms with E-state index >= 15 is 0 Å². The first kappa shape index (κ1) is 19.6. The Morgan fingerprint density at radius 2 is 2.10 bits per heavy atom. The maximum atomic E-state index is 12.8. The van der Waals surface area contributed by atoms with Crippen LogP contribution >= 0.6 is 0 Å². The first-order valence-corrected chi connectivity index (χ1v) is 10.3. The number of aromatic nitrogens is 4. The molecule has 9 nitrogen and oxygen atoms in total. The molecule has 1 atom stereocenters. The third kappa shape index (κ3) is 4.05. The molecule has 1 saturated heterocycles. The summed E-state index contributed by atoms with van der Waals surface area (Å²) in [6, 6.07) is 1.84. The molecule has 0 spiro atoms. The van der Waals surface area contributed by atoms with Crippen LogP contribution in [0.25, 0.3) is 0 Å². The van der Waals surface area contributed by atoms with Crippen molar-refractivity contribution in [2.75, 3.05) is 26.2 Å². The molecule has 0 aromatic carbocycles. The van der Waals surface area contributed by atoms with Crippen molar-refractivity contribution in [2.24, 2.45) is 7.05 Å². The number of hydrogen-bond acceptors (Lipinski definition) is 5. The highest BCUT2D eigenvalue weighted by molar-refractivity contribution is 5.92. The zero-order chi connectivity index (χ0) is 20.4. The number of nitrogens with zero attached hydrogens (tertiary/aromatic N) is 6. The van der Waals surface area contributed by atoms with Gasteiger partial charge in [-0.2, -0.15) is 5.10 Å². The van der Waals surface area contributed by atoms with Crippen molar-refractivity contribution in [1.29, 1.82) is 0 Å². The molecule has 2 amide bonds. The van der Waals surface area contributed by atoms with Crippen LogP contribution in [0.15, 0.2) is 18.5 Å². The molecule has 1 unspecified atom stereocenters. The summed E-state index contributed by atoms with van der Waals surface area (Å²) in [5.74, 6) is 0.873. The molecule has 9 heteroatoms. The normalized spacial score (nSPS) is 19.3. The molecule has 0 radical (unpaired) electrons. The van der Waals surface area contributed by atoms with Gasteiger partial charge in [0.2, 0.25) is 5.91 Å². The molecule has 2 aromatic heterocycles. The van der Waals surface area contributed by atoms with E-state index in [0.717, 1.165) is 24.4 Å². The van der Waals surface area contributed by atoms with Crippen LogP contribution in [-0.4, -0.2) is 78.3 Å². The first-order chi connectivity index (χ1) is 14.1. The van der Waals surface area contributed by atoms with E-state index in [1.165, 1.54) is 0 Å². The smallest absolute Gasteiger partial charge is 0.274 e. The molecule has 0 saturated carbocycles. The van der Waals surface area contributed by atoms with Crippen molar-refractivity contribution in [2.45, 2.75) is 44.7 Å². The van der Waals surface area contributed by atoms with Crippen LogP contribution in [0.1, 0.15) is 41.3 Å². The zero-order valence-electron chi connectivity index (χ0n) is 16.8. The van der Waals surface area contributed by atoms with Crippen LogP contribution in [0.5, 0.6) is 0 Å². The van der Waals surface area contributed by atoms with Gasteiger partial charge in [0.15, 0.2) is 0 Å². The van der Waals surface area contributed by atoms with E-state index in [0.29, 0.717) is 51.1 Å². The second kappa shape index (κ2) is 8.36. The highest BCUT2D eigenvalue weighted by Crippen LogP contribution is 2.20. The minimum Gasteiger partial charge on any atom is -0.394 e. The van der Waals surface area contributed by atoms with Crippen molar-refractivity contribution in [3.63, 3.8) is 0 Å². The Balaban J connectivity index is 1.35. The van der Waals surface area contributed by atoms with Gasteiger partial charge in [-0.15, -0.1) is 0 Å². The third-order valence-corrected chi connectivity index (χ3v) is 6.01. The maximum Gasteiger partial charge on any atom is 0.274 e. The topological polar surface area (TPSA) is 96.5 Å². The number of hydrogen-bond donors (Lipinski definition) is 1. The fourth-order valence-corrected chi connectivity index (χ4v) is 4.25. The molecule has 0 bridgehead atoms. The van der Waals surface area contributed by atoms with E-state index in [9.17, 15) is 14.7 Å². The number of aryl methyl sites for hydroxylation is 2. The lowest BCUT2D eigenvalue weighted by atomic mass is 10.2. The first-order valence-electron chi connectivity index (χ1n) is 10.3. The Morgan fingerprint density at radius 1 is 1.24 bits per heavy atom. The number of rotatable bonds is 5. The molecule has 29 heavy (non-hydrogen) atoms. The highest BCUT2D eigenvalue weighted by Gasteiger charge is 2.31. The van der Waals surface area contributed by atoms with E-state index in [-0.39, 0.29) is 24.5 Å². The standard InChI is InChI=1S/C20H28N6O3/c1-23-15(6-8-21-23)4-5-19(28)24-10-7-18-22-17(13-25(18)12-11-24)20(29)26-9-2-3-16(26)14-27/h6,8,13,16,27H,2-5,7,9-12,14H2,1H3. The molecule has 2 aliphatic rings. The summed E-state index contributed by atoms with van der Waals surface area (Å²) in [7, 11) is 1.88. The molecule has 156 valence electrons. The average molecular weight is 400 g/mol. The molecule has 4 heterocycles. The number of amides is 2. The zero-order valence-corrected chi connectivity index (χ0v) is 16.8. The van der Waals surface area contributed by atoms with Gasteiger partial charge < -0.3 is 19.5 Å². The number of aliphatic hydroxyl groups is 1. The summed E-state index contributed by atoms with van der Waals surface area (Å²) in [6.07, 6.45) is 7.07. The predicted molar refractivity (Wildman–Crippen MR) is 105 cm³/mol. The highest BCUT2D eigenvalue weighted by atomic mass is 16.3. The number of carbonyl (C=O) groups excluding carboxylic acids is 2. The fraction of sp³-hybridized carbons (Fsp3) is 0.600. The number of imidazole rings is 1. The predicted octanol–water partition coefficient (Wildman–Crippen LogP) is 0.231. The summed E-state index contributed by atoms with van der Waals surface area (Å²) in [4.78, 5) is 33.6. The van der Waals surface area contributed by atoms with E-state index in [2.05, 4.69) is 10.1 Å². The Hall–Kier alpha value is -2.68.